The molecule has 1 heterocycles. The zero-order chi connectivity index (χ0) is 14.2. The van der Waals surface area contributed by atoms with Crippen molar-refractivity contribution in [3.63, 3.8) is 0 Å². The van der Waals surface area contributed by atoms with Crippen molar-refractivity contribution in [1.29, 1.82) is 0 Å². The number of aromatic nitrogens is 2. The molecule has 0 unspecified atom stereocenters. The summed E-state index contributed by atoms with van der Waals surface area (Å²) in [5, 5.41) is 9.87. The summed E-state index contributed by atoms with van der Waals surface area (Å²) in [5.74, 6) is -1.91. The molecule has 0 radical (unpaired) electrons. The number of nitrogens with one attached hydrogen (secondary N) is 1. The number of carbonyl (C=O) groups excluding carboxylic acids is 1. The molecule has 19 heavy (non-hydrogen) atoms. The number of nitrogens with zero attached hydrogens (tertiary/aromatic N) is 1. The highest BCUT2D eigenvalue weighted by Crippen LogP contribution is 2.18. The van der Waals surface area contributed by atoms with Gasteiger partial charge in [-0.3, -0.25) is 14.6 Å². The van der Waals surface area contributed by atoms with Crippen molar-refractivity contribution in [2.75, 3.05) is 0 Å². The van der Waals surface area contributed by atoms with Crippen LogP contribution in [0.2, 0.25) is 0 Å². The molecule has 0 aliphatic heterocycles. The van der Waals surface area contributed by atoms with E-state index in [1.807, 2.05) is 4.98 Å². The summed E-state index contributed by atoms with van der Waals surface area (Å²) in [6, 6.07) is 6.31. The summed E-state index contributed by atoms with van der Waals surface area (Å²) in [6.07, 6.45) is 0. The Labute approximate surface area is 114 Å². The lowest BCUT2D eigenvalue weighted by Gasteiger charge is -2.09. The number of carbonyl (C=O) groups is 1. The van der Waals surface area contributed by atoms with Crippen molar-refractivity contribution >= 4 is 21.8 Å². The third-order valence-corrected chi connectivity index (χ3v) is 2.95. The van der Waals surface area contributed by atoms with Gasteiger partial charge in [-0.25, -0.2) is 9.36 Å². The summed E-state index contributed by atoms with van der Waals surface area (Å²) in [5.41, 5.74) is 2.72. The van der Waals surface area contributed by atoms with Crippen LogP contribution in [0.5, 0.6) is 5.88 Å². The van der Waals surface area contributed by atoms with Crippen molar-refractivity contribution in [2.45, 2.75) is 0 Å². The van der Waals surface area contributed by atoms with Crippen LogP contribution < -0.4 is 17.0 Å². The Bertz CT molecular complexity index is 761. The number of rotatable bonds is 2. The van der Waals surface area contributed by atoms with E-state index in [1.54, 1.807) is 12.1 Å². The second kappa shape index (κ2) is 4.73. The van der Waals surface area contributed by atoms with Gasteiger partial charge in [-0.1, -0.05) is 15.9 Å². The molecule has 0 saturated carbocycles. The summed E-state index contributed by atoms with van der Waals surface area (Å²) in [4.78, 5) is 36.1. The zero-order valence-electron chi connectivity index (χ0n) is 9.38. The Balaban J connectivity index is 2.81. The Kier molecular flexibility index (Phi) is 3.26. The van der Waals surface area contributed by atoms with Gasteiger partial charge in [-0.05, 0) is 24.3 Å². The molecule has 7 nitrogen and oxygen atoms in total. The first kappa shape index (κ1) is 13.1. The third-order valence-electron chi connectivity index (χ3n) is 2.42. The summed E-state index contributed by atoms with van der Waals surface area (Å²) in [6.45, 7) is 0. The predicted molar refractivity (Wildman–Crippen MR) is 70.5 cm³/mol. The number of nitrogens with two attached hydrogens (primary N) is 1. The molecule has 0 atom stereocenters. The van der Waals surface area contributed by atoms with Gasteiger partial charge in [0.25, 0.3) is 11.5 Å². The fraction of sp³-hybridized carbons (Fsp3) is 0. The molecule has 98 valence electrons. The van der Waals surface area contributed by atoms with Crippen LogP contribution in [0.3, 0.4) is 0 Å². The highest BCUT2D eigenvalue weighted by atomic mass is 79.9. The fourth-order valence-electron chi connectivity index (χ4n) is 1.58. The predicted octanol–water partition coefficient (Wildman–Crippen LogP) is 0.0928. The van der Waals surface area contributed by atoms with E-state index in [0.717, 1.165) is 9.04 Å². The van der Waals surface area contributed by atoms with Crippen LogP contribution >= 0.6 is 15.9 Å². The quantitative estimate of drug-likeness (QED) is 0.725. The third kappa shape index (κ3) is 2.29. The number of benzene rings is 1. The Hall–Kier alpha value is -2.35. The largest absolute Gasteiger partial charge is 0.493 e. The Morgan fingerprint density at radius 3 is 2.37 bits per heavy atom. The number of amides is 1. The fourth-order valence-corrected chi connectivity index (χ4v) is 1.84. The van der Waals surface area contributed by atoms with Gasteiger partial charge >= 0.3 is 5.69 Å². The molecule has 0 bridgehead atoms. The lowest BCUT2D eigenvalue weighted by atomic mass is 10.2. The lowest BCUT2D eigenvalue weighted by molar-refractivity contribution is 0.0995. The molecular formula is C11H8BrN3O4. The van der Waals surface area contributed by atoms with Crippen LogP contribution in [0.4, 0.5) is 0 Å². The number of halogens is 1. The number of hydrogen-bond acceptors (Lipinski definition) is 4. The number of hydrogen-bond donors (Lipinski definition) is 3. The molecular weight excluding hydrogens is 318 g/mol. The van der Waals surface area contributed by atoms with E-state index < -0.39 is 28.6 Å². The standard InChI is InChI=1S/C11H8BrN3O4/c12-5-1-3-6(4-2-5)15-10(18)7(8(13)16)9(17)14-11(15)19/h1-4,18H,(H2,13,16)(H,14,17,19). The second-order valence-corrected chi connectivity index (χ2v) is 4.55. The first-order valence-corrected chi connectivity index (χ1v) is 5.85. The van der Waals surface area contributed by atoms with Gasteiger partial charge in [-0.2, -0.15) is 0 Å². The van der Waals surface area contributed by atoms with E-state index in [4.69, 9.17) is 5.73 Å². The molecule has 0 aliphatic rings. The Morgan fingerprint density at radius 2 is 1.84 bits per heavy atom. The number of H-pyrrole nitrogens is 1. The molecule has 0 aliphatic carbocycles. The van der Waals surface area contributed by atoms with Crippen LogP contribution in [0.25, 0.3) is 5.69 Å². The normalized spacial score (nSPS) is 10.4. The van der Waals surface area contributed by atoms with E-state index in [9.17, 15) is 19.5 Å². The van der Waals surface area contributed by atoms with Crippen LogP contribution in [-0.2, 0) is 0 Å². The van der Waals surface area contributed by atoms with Gasteiger partial charge in [0.2, 0.25) is 5.88 Å². The first-order valence-electron chi connectivity index (χ1n) is 5.06. The van der Waals surface area contributed by atoms with E-state index in [-0.39, 0.29) is 5.69 Å². The lowest BCUT2D eigenvalue weighted by Crippen LogP contribution is -2.34. The van der Waals surface area contributed by atoms with Crippen molar-refractivity contribution in [3.05, 3.63) is 55.1 Å². The molecule has 0 spiro atoms. The maximum atomic E-state index is 11.7. The van der Waals surface area contributed by atoms with Crippen molar-refractivity contribution in [2.24, 2.45) is 5.73 Å². The van der Waals surface area contributed by atoms with Crippen molar-refractivity contribution in [3.8, 4) is 11.6 Å². The van der Waals surface area contributed by atoms with E-state index >= 15 is 0 Å². The minimum absolute atomic E-state index is 0.282. The number of aromatic amines is 1. The summed E-state index contributed by atoms with van der Waals surface area (Å²) >= 11 is 3.22. The molecule has 8 heteroatoms. The topological polar surface area (TPSA) is 118 Å². The molecule has 1 amide bonds. The molecule has 1 aromatic heterocycles. The first-order chi connectivity index (χ1) is 8.91. The highest BCUT2D eigenvalue weighted by molar-refractivity contribution is 9.10. The van der Waals surface area contributed by atoms with E-state index in [0.29, 0.717) is 0 Å². The van der Waals surface area contributed by atoms with Gasteiger partial charge in [0.15, 0.2) is 5.56 Å². The monoisotopic (exact) mass is 325 g/mol. The average Bonchev–Trinajstić information content (AvgIpc) is 2.30. The van der Waals surface area contributed by atoms with Gasteiger partial charge in [0, 0.05) is 4.47 Å². The zero-order valence-corrected chi connectivity index (χ0v) is 11.0. The molecule has 0 fully saturated rings. The maximum Gasteiger partial charge on any atom is 0.335 e. The Morgan fingerprint density at radius 1 is 1.26 bits per heavy atom. The van der Waals surface area contributed by atoms with E-state index in [2.05, 4.69) is 15.9 Å². The smallest absolute Gasteiger partial charge is 0.335 e. The second-order valence-electron chi connectivity index (χ2n) is 3.63. The highest BCUT2D eigenvalue weighted by Gasteiger charge is 2.19. The maximum absolute atomic E-state index is 11.7. The minimum Gasteiger partial charge on any atom is -0.493 e. The molecule has 1 aromatic carbocycles. The summed E-state index contributed by atoms with van der Waals surface area (Å²) in [7, 11) is 0. The van der Waals surface area contributed by atoms with Crippen molar-refractivity contribution < 1.29 is 9.90 Å². The van der Waals surface area contributed by atoms with Gasteiger partial charge in [0.05, 0.1) is 5.69 Å². The molecule has 4 N–H and O–H groups in total. The van der Waals surface area contributed by atoms with Crippen LogP contribution in [0.15, 0.2) is 38.3 Å². The minimum atomic E-state index is -1.12. The van der Waals surface area contributed by atoms with Crippen LogP contribution in [0, 0.1) is 0 Å². The van der Waals surface area contributed by atoms with E-state index in [1.165, 1.54) is 12.1 Å². The van der Waals surface area contributed by atoms with Gasteiger partial charge in [0.1, 0.15) is 0 Å². The SMILES string of the molecule is NC(=O)c1c(O)n(-c2ccc(Br)cc2)c(=O)[nH]c1=O. The molecule has 0 saturated heterocycles. The average molecular weight is 326 g/mol. The molecule has 2 rings (SSSR count). The van der Waals surface area contributed by atoms with Crippen molar-refractivity contribution in [1.82, 2.24) is 9.55 Å². The van der Waals surface area contributed by atoms with Crippen LogP contribution in [0.1, 0.15) is 10.4 Å². The van der Waals surface area contributed by atoms with Gasteiger partial charge < -0.3 is 10.8 Å². The summed E-state index contributed by atoms with van der Waals surface area (Å²) < 4.78 is 1.55. The number of aromatic hydroxyl groups is 1. The van der Waals surface area contributed by atoms with Gasteiger partial charge in [-0.15, -0.1) is 0 Å². The molecule has 2 aromatic rings. The van der Waals surface area contributed by atoms with Crippen LogP contribution in [-0.4, -0.2) is 20.6 Å². The number of primary amides is 1.